The van der Waals surface area contributed by atoms with Crippen molar-refractivity contribution in [2.24, 2.45) is 0 Å². The number of hydrogen-bond donors (Lipinski definition) is 2. The van der Waals surface area contributed by atoms with Crippen LogP contribution in [0.4, 0.5) is 5.69 Å². The Bertz CT molecular complexity index is 898. The van der Waals surface area contributed by atoms with Gasteiger partial charge in [0.05, 0.1) is 17.0 Å². The molecule has 1 amide bonds. The highest BCUT2D eigenvalue weighted by atomic mass is 35.5. The second-order valence-electron chi connectivity index (χ2n) is 5.93. The zero-order chi connectivity index (χ0) is 20.0. The first-order valence-electron chi connectivity index (χ1n) is 8.10. The fraction of sp³-hybridized carbons (Fsp3) is 0.278. The van der Waals surface area contributed by atoms with E-state index in [-0.39, 0.29) is 23.5 Å². The highest BCUT2D eigenvalue weighted by Crippen LogP contribution is 2.27. The molecule has 0 aromatic heterocycles. The van der Waals surface area contributed by atoms with Crippen molar-refractivity contribution in [1.29, 1.82) is 0 Å². The zero-order valence-electron chi connectivity index (χ0n) is 15.2. The Labute approximate surface area is 163 Å². The Kier molecular flexibility index (Phi) is 7.06. The van der Waals surface area contributed by atoms with Crippen LogP contribution in [0.15, 0.2) is 47.4 Å². The Morgan fingerprint density at radius 2 is 1.81 bits per heavy atom. The largest absolute Gasteiger partial charge is 0.495 e. The topological polar surface area (TPSA) is 93.7 Å². The Hall–Kier alpha value is -2.29. The summed E-state index contributed by atoms with van der Waals surface area (Å²) in [5.74, 6) is 0.503. The minimum absolute atomic E-state index is 0.126. The van der Waals surface area contributed by atoms with Crippen molar-refractivity contribution >= 4 is 33.2 Å². The molecule has 0 aliphatic rings. The molecule has 0 atom stereocenters. The molecule has 0 bridgehead atoms. The molecule has 0 heterocycles. The number of carbonyl (C=O) groups excluding carboxylic acids is 1. The second-order valence-corrected chi connectivity index (χ2v) is 8.05. The van der Waals surface area contributed by atoms with Crippen LogP contribution in [-0.4, -0.2) is 34.1 Å². The predicted molar refractivity (Wildman–Crippen MR) is 104 cm³/mol. The van der Waals surface area contributed by atoms with Gasteiger partial charge in [-0.1, -0.05) is 11.6 Å². The fourth-order valence-electron chi connectivity index (χ4n) is 2.18. The molecule has 0 saturated heterocycles. The molecule has 9 heteroatoms. The van der Waals surface area contributed by atoms with Gasteiger partial charge < -0.3 is 14.8 Å². The molecule has 0 unspecified atom stereocenters. The molecule has 0 radical (unpaired) electrons. The molecule has 7 nitrogen and oxygen atoms in total. The molecule has 2 aromatic carbocycles. The summed E-state index contributed by atoms with van der Waals surface area (Å²) in [6.07, 6.45) is 0. The zero-order valence-corrected chi connectivity index (χ0v) is 16.7. The van der Waals surface area contributed by atoms with Crippen molar-refractivity contribution in [3.8, 4) is 11.5 Å². The first-order valence-corrected chi connectivity index (χ1v) is 9.96. The summed E-state index contributed by atoms with van der Waals surface area (Å²) in [4.78, 5) is 12.1. The molecule has 2 rings (SSSR count). The SMILES string of the molecule is COc1ccc(NC(=O)COc2ccc(S(=O)(=O)NC(C)C)cc2)cc1Cl. The Morgan fingerprint density at radius 3 is 2.37 bits per heavy atom. The van der Waals surface area contributed by atoms with Crippen LogP contribution in [0.2, 0.25) is 5.02 Å². The van der Waals surface area contributed by atoms with Crippen molar-refractivity contribution < 1.29 is 22.7 Å². The van der Waals surface area contributed by atoms with Gasteiger partial charge in [0.1, 0.15) is 11.5 Å². The van der Waals surface area contributed by atoms with Gasteiger partial charge >= 0.3 is 0 Å². The first kappa shape index (κ1) is 21.0. The Balaban J connectivity index is 1.92. The fourth-order valence-corrected chi connectivity index (χ4v) is 3.69. The van der Waals surface area contributed by atoms with Gasteiger partial charge in [-0.25, -0.2) is 13.1 Å². The molecule has 0 aliphatic carbocycles. The lowest BCUT2D eigenvalue weighted by Gasteiger charge is -2.11. The van der Waals surface area contributed by atoms with Crippen LogP contribution < -0.4 is 19.5 Å². The van der Waals surface area contributed by atoms with Gasteiger partial charge in [-0.3, -0.25) is 4.79 Å². The summed E-state index contributed by atoms with van der Waals surface area (Å²) in [6.45, 7) is 3.24. The minimum atomic E-state index is -3.57. The van der Waals surface area contributed by atoms with Crippen molar-refractivity contribution in [1.82, 2.24) is 4.72 Å². The molecular formula is C18H21ClN2O5S. The number of carbonyl (C=O) groups is 1. The van der Waals surface area contributed by atoms with Gasteiger partial charge in [0.25, 0.3) is 5.91 Å². The van der Waals surface area contributed by atoms with E-state index >= 15 is 0 Å². The maximum atomic E-state index is 12.1. The molecule has 0 spiro atoms. The predicted octanol–water partition coefficient (Wildman–Crippen LogP) is 3.05. The van der Waals surface area contributed by atoms with E-state index < -0.39 is 10.0 Å². The highest BCUT2D eigenvalue weighted by molar-refractivity contribution is 7.89. The van der Waals surface area contributed by atoms with E-state index in [1.807, 2.05) is 0 Å². The number of nitrogens with one attached hydrogen (secondary N) is 2. The number of methoxy groups -OCH3 is 1. The summed E-state index contributed by atoms with van der Waals surface area (Å²) < 4.78 is 37.0. The van der Waals surface area contributed by atoms with Crippen LogP contribution >= 0.6 is 11.6 Å². The van der Waals surface area contributed by atoms with Gasteiger partial charge in [-0.15, -0.1) is 0 Å². The van der Waals surface area contributed by atoms with Gasteiger partial charge in [0.15, 0.2) is 6.61 Å². The smallest absolute Gasteiger partial charge is 0.262 e. The number of benzene rings is 2. The van der Waals surface area contributed by atoms with Crippen LogP contribution in [0.3, 0.4) is 0 Å². The van der Waals surface area contributed by atoms with E-state index in [1.165, 1.54) is 31.4 Å². The van der Waals surface area contributed by atoms with Gasteiger partial charge in [-0.05, 0) is 56.3 Å². The summed E-state index contributed by atoms with van der Waals surface area (Å²) >= 11 is 6.01. The molecule has 2 aromatic rings. The van der Waals surface area contributed by atoms with Crippen LogP contribution in [0.5, 0.6) is 11.5 Å². The van der Waals surface area contributed by atoms with Gasteiger partial charge in [-0.2, -0.15) is 0 Å². The third kappa shape index (κ3) is 6.13. The molecule has 0 saturated carbocycles. The number of halogens is 1. The Morgan fingerprint density at radius 1 is 1.15 bits per heavy atom. The number of ether oxygens (including phenoxy) is 2. The van der Waals surface area contributed by atoms with E-state index in [2.05, 4.69) is 10.0 Å². The number of rotatable bonds is 8. The number of hydrogen-bond acceptors (Lipinski definition) is 5. The lowest BCUT2D eigenvalue weighted by atomic mass is 10.3. The summed E-state index contributed by atoms with van der Waals surface area (Å²) in [7, 11) is -2.06. The average molecular weight is 413 g/mol. The van der Waals surface area contributed by atoms with Crippen LogP contribution in [0.25, 0.3) is 0 Å². The quantitative estimate of drug-likeness (QED) is 0.695. The third-order valence-corrected chi connectivity index (χ3v) is 5.30. The molecule has 27 heavy (non-hydrogen) atoms. The maximum Gasteiger partial charge on any atom is 0.262 e. The molecular weight excluding hydrogens is 392 g/mol. The summed E-state index contributed by atoms with van der Waals surface area (Å²) in [5, 5.41) is 3.03. The van der Waals surface area contributed by atoms with E-state index in [0.29, 0.717) is 22.2 Å². The number of anilines is 1. The summed E-state index contributed by atoms with van der Waals surface area (Å²) in [5.41, 5.74) is 0.510. The average Bonchev–Trinajstić information content (AvgIpc) is 2.59. The highest BCUT2D eigenvalue weighted by Gasteiger charge is 2.15. The van der Waals surface area contributed by atoms with Crippen molar-refractivity contribution in [2.45, 2.75) is 24.8 Å². The van der Waals surface area contributed by atoms with E-state index in [9.17, 15) is 13.2 Å². The van der Waals surface area contributed by atoms with Gasteiger partial charge in [0, 0.05) is 11.7 Å². The monoisotopic (exact) mass is 412 g/mol. The summed E-state index contributed by atoms with van der Waals surface area (Å²) in [6, 6.07) is 10.5. The molecule has 2 N–H and O–H groups in total. The van der Waals surface area contributed by atoms with Crippen molar-refractivity contribution in [2.75, 3.05) is 19.0 Å². The molecule has 0 fully saturated rings. The lowest BCUT2D eigenvalue weighted by Crippen LogP contribution is -2.30. The maximum absolute atomic E-state index is 12.1. The number of sulfonamides is 1. The van der Waals surface area contributed by atoms with Crippen molar-refractivity contribution in [3.63, 3.8) is 0 Å². The van der Waals surface area contributed by atoms with E-state index in [1.54, 1.807) is 32.0 Å². The van der Waals surface area contributed by atoms with E-state index in [4.69, 9.17) is 21.1 Å². The van der Waals surface area contributed by atoms with Crippen molar-refractivity contribution in [3.05, 3.63) is 47.5 Å². The lowest BCUT2D eigenvalue weighted by molar-refractivity contribution is -0.118. The van der Waals surface area contributed by atoms with Crippen LogP contribution in [0, 0.1) is 0 Å². The first-order chi connectivity index (χ1) is 12.7. The van der Waals surface area contributed by atoms with Crippen LogP contribution in [-0.2, 0) is 14.8 Å². The molecule has 146 valence electrons. The minimum Gasteiger partial charge on any atom is -0.495 e. The second kappa shape index (κ2) is 9.07. The molecule has 0 aliphatic heterocycles. The van der Waals surface area contributed by atoms with E-state index in [0.717, 1.165) is 0 Å². The number of amides is 1. The van der Waals surface area contributed by atoms with Gasteiger partial charge in [0.2, 0.25) is 10.0 Å². The standard InChI is InChI=1S/C18H21ClN2O5S/c1-12(2)21-27(23,24)15-7-5-14(6-8-15)26-11-18(22)20-13-4-9-17(25-3)16(19)10-13/h4-10,12,21H,11H2,1-3H3,(H,20,22). The normalized spacial score (nSPS) is 11.3. The van der Waals surface area contributed by atoms with Crippen LogP contribution in [0.1, 0.15) is 13.8 Å². The third-order valence-electron chi connectivity index (χ3n) is 3.33.